The second-order valence-corrected chi connectivity index (χ2v) is 4.88. The number of aromatic nitrogens is 1. The molecule has 8 heteroatoms. The van der Waals surface area contributed by atoms with Gasteiger partial charge in [-0.25, -0.2) is 0 Å². The maximum absolute atomic E-state index is 11.1. The molecule has 0 aliphatic rings. The first kappa shape index (κ1) is 16.8. The lowest BCUT2D eigenvalue weighted by Crippen LogP contribution is -2.09. The summed E-state index contributed by atoms with van der Waals surface area (Å²) in [5, 5.41) is 14.3. The van der Waals surface area contributed by atoms with Crippen LogP contribution in [0.4, 0.5) is 17.2 Å². The van der Waals surface area contributed by atoms with Crippen LogP contribution in [0, 0.1) is 11.3 Å². The number of benzene rings is 1. The van der Waals surface area contributed by atoms with E-state index in [-0.39, 0.29) is 34.8 Å². The highest BCUT2D eigenvalue weighted by Crippen LogP contribution is 2.29. The van der Waals surface area contributed by atoms with Crippen LogP contribution in [0.5, 0.6) is 11.6 Å². The SMILES string of the molecule is CC(=O)Nc1ccc(Oc2nc(NC(C)=O)cc(N)c2C#N)cc1. The molecule has 24 heavy (non-hydrogen) atoms. The third kappa shape index (κ3) is 4.20. The average Bonchev–Trinajstić information content (AvgIpc) is 2.48. The Kier molecular flexibility index (Phi) is 4.96. The van der Waals surface area contributed by atoms with Gasteiger partial charge in [-0.1, -0.05) is 0 Å². The highest BCUT2D eigenvalue weighted by Gasteiger charge is 2.14. The van der Waals surface area contributed by atoms with Crippen molar-refractivity contribution in [2.45, 2.75) is 13.8 Å². The molecule has 0 aliphatic carbocycles. The molecular formula is C16H15N5O3. The summed E-state index contributed by atoms with van der Waals surface area (Å²) in [6.07, 6.45) is 0. The van der Waals surface area contributed by atoms with E-state index in [1.807, 2.05) is 6.07 Å². The molecule has 0 aliphatic heterocycles. The fourth-order valence-electron chi connectivity index (χ4n) is 1.89. The van der Waals surface area contributed by atoms with Crippen LogP contribution in [0.1, 0.15) is 19.4 Å². The van der Waals surface area contributed by atoms with Gasteiger partial charge in [-0.05, 0) is 24.3 Å². The van der Waals surface area contributed by atoms with Gasteiger partial charge in [0.15, 0.2) is 0 Å². The van der Waals surface area contributed by atoms with Crippen LogP contribution in [-0.4, -0.2) is 16.8 Å². The number of hydrogen-bond donors (Lipinski definition) is 3. The number of nitrogen functional groups attached to an aromatic ring is 1. The fourth-order valence-corrected chi connectivity index (χ4v) is 1.89. The van der Waals surface area contributed by atoms with E-state index in [2.05, 4.69) is 15.6 Å². The number of ether oxygens (including phenoxy) is 1. The lowest BCUT2D eigenvalue weighted by molar-refractivity contribution is -0.115. The number of pyridine rings is 1. The monoisotopic (exact) mass is 325 g/mol. The summed E-state index contributed by atoms with van der Waals surface area (Å²) < 4.78 is 5.59. The summed E-state index contributed by atoms with van der Waals surface area (Å²) >= 11 is 0. The van der Waals surface area contributed by atoms with Gasteiger partial charge in [-0.3, -0.25) is 9.59 Å². The molecule has 2 aromatic rings. The van der Waals surface area contributed by atoms with Crippen LogP contribution in [0.15, 0.2) is 30.3 Å². The van der Waals surface area contributed by atoms with Gasteiger partial charge in [-0.15, -0.1) is 0 Å². The Bertz CT molecular complexity index is 825. The van der Waals surface area contributed by atoms with Crippen molar-refractivity contribution in [1.29, 1.82) is 5.26 Å². The number of carbonyl (C=O) groups is 2. The summed E-state index contributed by atoms with van der Waals surface area (Å²) in [5.41, 5.74) is 6.61. The van der Waals surface area contributed by atoms with E-state index in [9.17, 15) is 14.9 Å². The molecule has 0 atom stereocenters. The molecule has 4 N–H and O–H groups in total. The first-order chi connectivity index (χ1) is 11.4. The van der Waals surface area contributed by atoms with Crippen LogP contribution in [0.2, 0.25) is 0 Å². The molecule has 1 aromatic heterocycles. The van der Waals surface area contributed by atoms with Crippen molar-refractivity contribution in [3.05, 3.63) is 35.9 Å². The van der Waals surface area contributed by atoms with Crippen LogP contribution >= 0.6 is 0 Å². The number of nitriles is 1. The van der Waals surface area contributed by atoms with Gasteiger partial charge >= 0.3 is 0 Å². The summed E-state index contributed by atoms with van der Waals surface area (Å²) in [6, 6.07) is 9.80. The molecular weight excluding hydrogens is 310 g/mol. The topological polar surface area (TPSA) is 130 Å². The molecule has 0 fully saturated rings. The van der Waals surface area contributed by atoms with Gasteiger partial charge in [0.2, 0.25) is 17.7 Å². The maximum Gasteiger partial charge on any atom is 0.241 e. The van der Waals surface area contributed by atoms with Crippen LogP contribution in [-0.2, 0) is 9.59 Å². The molecule has 0 spiro atoms. The Morgan fingerprint density at radius 2 is 1.79 bits per heavy atom. The highest BCUT2D eigenvalue weighted by atomic mass is 16.5. The van der Waals surface area contributed by atoms with Gasteiger partial charge in [-0.2, -0.15) is 10.2 Å². The molecule has 1 aromatic carbocycles. The van der Waals surface area contributed by atoms with E-state index >= 15 is 0 Å². The Labute approximate surface area is 138 Å². The van der Waals surface area contributed by atoms with Crippen LogP contribution < -0.4 is 21.1 Å². The van der Waals surface area contributed by atoms with Gasteiger partial charge < -0.3 is 21.1 Å². The zero-order chi connectivity index (χ0) is 17.7. The first-order valence-corrected chi connectivity index (χ1v) is 6.92. The quantitative estimate of drug-likeness (QED) is 0.790. The number of anilines is 3. The lowest BCUT2D eigenvalue weighted by Gasteiger charge is -2.11. The maximum atomic E-state index is 11.1. The van der Waals surface area contributed by atoms with E-state index in [0.717, 1.165) is 0 Å². The fraction of sp³-hybridized carbons (Fsp3) is 0.125. The number of carbonyl (C=O) groups excluding carboxylic acids is 2. The van der Waals surface area contributed by atoms with Crippen molar-refractivity contribution < 1.29 is 14.3 Å². The van der Waals surface area contributed by atoms with Crippen LogP contribution in [0.25, 0.3) is 0 Å². The van der Waals surface area contributed by atoms with Crippen molar-refractivity contribution in [3.63, 3.8) is 0 Å². The Hall–Kier alpha value is -3.60. The van der Waals surface area contributed by atoms with E-state index < -0.39 is 0 Å². The molecule has 122 valence electrons. The van der Waals surface area contributed by atoms with E-state index in [0.29, 0.717) is 11.4 Å². The Morgan fingerprint density at radius 1 is 1.17 bits per heavy atom. The molecule has 0 bridgehead atoms. The number of rotatable bonds is 4. The lowest BCUT2D eigenvalue weighted by atomic mass is 10.2. The van der Waals surface area contributed by atoms with Crippen molar-refractivity contribution in [2.75, 3.05) is 16.4 Å². The highest BCUT2D eigenvalue weighted by molar-refractivity contribution is 5.89. The van der Waals surface area contributed by atoms with Gasteiger partial charge in [0.1, 0.15) is 23.2 Å². The van der Waals surface area contributed by atoms with E-state index in [1.165, 1.54) is 19.9 Å². The second kappa shape index (κ2) is 7.11. The summed E-state index contributed by atoms with van der Waals surface area (Å²) in [6.45, 7) is 2.74. The second-order valence-electron chi connectivity index (χ2n) is 4.88. The predicted octanol–water partition coefficient (Wildman–Crippen LogP) is 2.24. The van der Waals surface area contributed by atoms with Gasteiger partial charge in [0.25, 0.3) is 0 Å². The molecule has 0 unspecified atom stereocenters. The van der Waals surface area contributed by atoms with Gasteiger partial charge in [0.05, 0.1) is 5.69 Å². The van der Waals surface area contributed by atoms with Crippen molar-refractivity contribution >= 4 is 29.0 Å². The zero-order valence-electron chi connectivity index (χ0n) is 13.1. The smallest absolute Gasteiger partial charge is 0.241 e. The number of amides is 2. The molecule has 8 nitrogen and oxygen atoms in total. The molecule has 2 rings (SSSR count). The van der Waals surface area contributed by atoms with E-state index in [4.69, 9.17) is 10.5 Å². The van der Waals surface area contributed by atoms with Gasteiger partial charge in [0, 0.05) is 25.6 Å². The predicted molar refractivity (Wildman–Crippen MR) is 88.5 cm³/mol. The van der Waals surface area contributed by atoms with Crippen LogP contribution in [0.3, 0.4) is 0 Å². The van der Waals surface area contributed by atoms with Crippen molar-refractivity contribution in [1.82, 2.24) is 4.98 Å². The zero-order valence-corrected chi connectivity index (χ0v) is 13.1. The van der Waals surface area contributed by atoms with Crippen molar-refractivity contribution in [2.24, 2.45) is 0 Å². The Balaban J connectivity index is 2.30. The Morgan fingerprint density at radius 3 is 2.33 bits per heavy atom. The standard InChI is InChI=1S/C16H15N5O3/c1-9(22)19-11-3-5-12(6-4-11)24-16-13(8-17)14(18)7-15(21-16)20-10(2)23/h3-7H,1-2H3,(H,19,22)(H3,18,20,21,23). The molecule has 2 amide bonds. The number of hydrogen-bond acceptors (Lipinski definition) is 6. The normalized spacial score (nSPS) is 9.71. The molecule has 0 radical (unpaired) electrons. The minimum absolute atomic E-state index is 0.0199. The number of nitrogens with zero attached hydrogens (tertiary/aromatic N) is 2. The first-order valence-electron chi connectivity index (χ1n) is 6.92. The summed E-state index contributed by atoms with van der Waals surface area (Å²) in [7, 11) is 0. The molecule has 1 heterocycles. The molecule has 0 saturated heterocycles. The number of nitrogens with two attached hydrogens (primary N) is 1. The average molecular weight is 325 g/mol. The molecule has 0 saturated carbocycles. The largest absolute Gasteiger partial charge is 0.438 e. The minimum Gasteiger partial charge on any atom is -0.438 e. The van der Waals surface area contributed by atoms with Crippen molar-refractivity contribution in [3.8, 4) is 17.7 Å². The number of nitrogens with one attached hydrogen (secondary N) is 2. The van der Waals surface area contributed by atoms with E-state index in [1.54, 1.807) is 24.3 Å². The third-order valence-corrected chi connectivity index (χ3v) is 2.82. The summed E-state index contributed by atoms with van der Waals surface area (Å²) in [4.78, 5) is 26.2. The third-order valence-electron chi connectivity index (χ3n) is 2.82. The summed E-state index contributed by atoms with van der Waals surface area (Å²) in [5.74, 6) is 0.0509. The minimum atomic E-state index is -0.322.